The Morgan fingerprint density at radius 2 is 1.80 bits per heavy atom. The second-order valence-electron chi connectivity index (χ2n) is 6.75. The molecule has 2 heterocycles. The van der Waals surface area contributed by atoms with Crippen molar-refractivity contribution < 1.29 is 27.9 Å². The zero-order valence-corrected chi connectivity index (χ0v) is 17.4. The lowest BCUT2D eigenvalue weighted by atomic mass is 9.90. The number of carboxylic acid groups (broad SMARTS) is 1. The minimum Gasteiger partial charge on any atom is -0.497 e. The van der Waals surface area contributed by atoms with E-state index in [4.69, 9.17) is 9.84 Å². The molecule has 0 saturated carbocycles. The normalized spacial score (nSPS) is 15.9. The van der Waals surface area contributed by atoms with E-state index in [2.05, 4.69) is 5.32 Å². The number of benzene rings is 2. The average molecular weight is 444 g/mol. The number of rotatable bonds is 5. The molecule has 1 amide bonds. The summed E-state index contributed by atoms with van der Waals surface area (Å²) in [6.07, 6.45) is 0.155. The number of thiophene rings is 1. The van der Waals surface area contributed by atoms with E-state index in [-0.39, 0.29) is 33.6 Å². The van der Waals surface area contributed by atoms with Crippen LogP contribution in [-0.2, 0) is 14.6 Å². The first kappa shape index (κ1) is 20.1. The largest absolute Gasteiger partial charge is 0.497 e. The van der Waals surface area contributed by atoms with E-state index in [1.54, 1.807) is 24.3 Å². The van der Waals surface area contributed by atoms with E-state index in [9.17, 15) is 18.0 Å². The summed E-state index contributed by atoms with van der Waals surface area (Å²) in [7, 11) is -2.35. The van der Waals surface area contributed by atoms with Crippen LogP contribution in [0.1, 0.15) is 33.1 Å². The van der Waals surface area contributed by atoms with E-state index >= 15 is 0 Å². The number of amides is 1. The van der Waals surface area contributed by atoms with Gasteiger partial charge >= 0.3 is 5.97 Å². The molecule has 0 spiro atoms. The van der Waals surface area contributed by atoms with Crippen LogP contribution in [0.2, 0.25) is 0 Å². The number of fused-ring (bicyclic) bond motifs is 1. The summed E-state index contributed by atoms with van der Waals surface area (Å²) in [5, 5.41) is 13.3. The van der Waals surface area contributed by atoms with Crippen LogP contribution >= 0.6 is 11.3 Å². The van der Waals surface area contributed by atoms with Crippen molar-refractivity contribution in [1.29, 1.82) is 0 Å². The molecule has 3 aromatic rings. The topological polar surface area (TPSA) is 110 Å². The molecule has 1 aromatic heterocycles. The molecular weight excluding hydrogens is 426 g/mol. The molecule has 2 N–H and O–H groups in total. The highest BCUT2D eigenvalue weighted by Gasteiger charge is 2.34. The van der Waals surface area contributed by atoms with E-state index < -0.39 is 15.8 Å². The van der Waals surface area contributed by atoms with Gasteiger partial charge in [-0.1, -0.05) is 12.1 Å². The summed E-state index contributed by atoms with van der Waals surface area (Å²) in [6.45, 7) is 0. The van der Waals surface area contributed by atoms with Crippen molar-refractivity contribution in [2.24, 2.45) is 0 Å². The lowest BCUT2D eigenvalue weighted by Crippen LogP contribution is -2.23. The third-order valence-corrected chi connectivity index (χ3v) is 8.01. The van der Waals surface area contributed by atoms with Crippen molar-refractivity contribution in [1.82, 2.24) is 0 Å². The summed E-state index contributed by atoms with van der Waals surface area (Å²) >= 11 is 1.26. The standard InChI is InChI=1S/C21H17NO6S2/c1-28-14-6-8-15(9-7-14)30(26,27)17-11-29-20-16(10-18(23)22-19(17)20)12-2-4-13(5-3-12)21(24)25/h2-9,11,16H,10H2,1H3,(H,22,23)(H,24,25)/t16-/m0/s1. The molecular formula is C21H17NO6S2. The number of aromatic carboxylic acids is 1. The fourth-order valence-electron chi connectivity index (χ4n) is 3.41. The molecule has 0 saturated heterocycles. The van der Waals surface area contributed by atoms with Crippen molar-refractivity contribution in [3.8, 4) is 5.75 Å². The highest BCUT2D eigenvalue weighted by atomic mass is 32.2. The zero-order chi connectivity index (χ0) is 21.5. The summed E-state index contributed by atoms with van der Waals surface area (Å²) < 4.78 is 31.4. The first-order chi connectivity index (χ1) is 14.3. The molecule has 1 aliphatic heterocycles. The van der Waals surface area contributed by atoms with Gasteiger partial charge in [0, 0.05) is 22.6 Å². The van der Waals surface area contributed by atoms with E-state index in [0.717, 1.165) is 10.4 Å². The van der Waals surface area contributed by atoms with Gasteiger partial charge in [-0.3, -0.25) is 4.79 Å². The van der Waals surface area contributed by atoms with Crippen molar-refractivity contribution in [3.05, 3.63) is 69.9 Å². The first-order valence-corrected chi connectivity index (χ1v) is 11.3. The van der Waals surface area contributed by atoms with Crippen LogP contribution in [0.15, 0.2) is 63.7 Å². The van der Waals surface area contributed by atoms with Crippen LogP contribution < -0.4 is 10.1 Å². The maximum Gasteiger partial charge on any atom is 0.335 e. The van der Waals surface area contributed by atoms with Crippen molar-refractivity contribution >= 4 is 38.7 Å². The van der Waals surface area contributed by atoms with Gasteiger partial charge in [0.2, 0.25) is 15.7 Å². The molecule has 1 atom stereocenters. The van der Waals surface area contributed by atoms with Crippen LogP contribution in [-0.4, -0.2) is 32.5 Å². The third kappa shape index (κ3) is 3.46. The van der Waals surface area contributed by atoms with Crippen LogP contribution in [0, 0.1) is 0 Å². The predicted octanol–water partition coefficient (Wildman–Crippen LogP) is 3.76. The maximum absolute atomic E-state index is 13.2. The Labute approximate surface area is 176 Å². The van der Waals surface area contributed by atoms with Crippen molar-refractivity contribution in [2.75, 3.05) is 12.4 Å². The SMILES string of the molecule is COc1ccc(S(=O)(=O)c2csc3c2NC(=O)C[C@H]3c2ccc(C(=O)O)cc2)cc1. The van der Waals surface area contributed by atoms with Gasteiger partial charge < -0.3 is 15.2 Å². The lowest BCUT2D eigenvalue weighted by Gasteiger charge is -2.24. The second-order valence-corrected chi connectivity index (χ2v) is 9.58. The third-order valence-electron chi connectivity index (χ3n) is 4.98. The number of anilines is 1. The number of carbonyl (C=O) groups is 2. The number of sulfone groups is 1. The molecule has 0 radical (unpaired) electrons. The zero-order valence-electron chi connectivity index (χ0n) is 15.8. The Balaban J connectivity index is 1.76. The van der Waals surface area contributed by atoms with Gasteiger partial charge in [-0.2, -0.15) is 0 Å². The number of carboxylic acids is 1. The van der Waals surface area contributed by atoms with E-state index in [1.807, 2.05) is 0 Å². The number of hydrogen-bond donors (Lipinski definition) is 2. The highest BCUT2D eigenvalue weighted by Crippen LogP contribution is 2.45. The van der Waals surface area contributed by atoms with Crippen LogP contribution in [0.4, 0.5) is 5.69 Å². The molecule has 4 rings (SSSR count). The quantitative estimate of drug-likeness (QED) is 0.621. The molecule has 0 unspecified atom stereocenters. The average Bonchev–Trinajstić information content (AvgIpc) is 3.17. The summed E-state index contributed by atoms with van der Waals surface area (Å²) in [6, 6.07) is 12.3. The van der Waals surface area contributed by atoms with Gasteiger partial charge in [0.05, 0.1) is 23.3 Å². The molecule has 0 bridgehead atoms. The van der Waals surface area contributed by atoms with Crippen LogP contribution in [0.25, 0.3) is 0 Å². The van der Waals surface area contributed by atoms with Gasteiger partial charge in [0.25, 0.3) is 0 Å². The summed E-state index contributed by atoms with van der Waals surface area (Å²) in [5.41, 5.74) is 1.19. The molecule has 7 nitrogen and oxygen atoms in total. The fourth-order valence-corrected chi connectivity index (χ4v) is 6.32. The number of ether oxygens (including phenoxy) is 1. The van der Waals surface area contributed by atoms with E-state index in [1.165, 1.54) is 48.1 Å². The number of hydrogen-bond acceptors (Lipinski definition) is 6. The second kappa shape index (κ2) is 7.58. The summed E-state index contributed by atoms with van der Waals surface area (Å²) in [5.74, 6) is -1.13. The van der Waals surface area contributed by atoms with E-state index in [0.29, 0.717) is 11.4 Å². The van der Waals surface area contributed by atoms with Gasteiger partial charge in [-0.05, 0) is 42.0 Å². The number of carbonyl (C=O) groups excluding carboxylic acids is 1. The smallest absolute Gasteiger partial charge is 0.335 e. The van der Waals surface area contributed by atoms with Crippen LogP contribution in [0.5, 0.6) is 5.75 Å². The van der Waals surface area contributed by atoms with Gasteiger partial charge in [0.15, 0.2) is 0 Å². The molecule has 9 heteroatoms. The Kier molecular flexibility index (Phi) is 5.08. The molecule has 1 aliphatic rings. The summed E-state index contributed by atoms with van der Waals surface area (Å²) in [4.78, 5) is 24.3. The van der Waals surface area contributed by atoms with Gasteiger partial charge in [-0.25, -0.2) is 13.2 Å². The van der Waals surface area contributed by atoms with Gasteiger partial charge in [0.1, 0.15) is 10.6 Å². The molecule has 2 aromatic carbocycles. The monoisotopic (exact) mass is 443 g/mol. The Hall–Kier alpha value is -3.17. The minimum absolute atomic E-state index is 0.0490. The van der Waals surface area contributed by atoms with Gasteiger partial charge in [-0.15, -0.1) is 11.3 Å². The Morgan fingerprint density at radius 1 is 1.13 bits per heavy atom. The van der Waals surface area contributed by atoms with Crippen LogP contribution in [0.3, 0.4) is 0 Å². The highest BCUT2D eigenvalue weighted by molar-refractivity contribution is 7.91. The molecule has 0 aliphatic carbocycles. The predicted molar refractivity (Wildman–Crippen MR) is 111 cm³/mol. The van der Waals surface area contributed by atoms with Crippen molar-refractivity contribution in [3.63, 3.8) is 0 Å². The minimum atomic E-state index is -3.85. The Bertz CT molecular complexity index is 1230. The molecule has 30 heavy (non-hydrogen) atoms. The molecule has 154 valence electrons. The maximum atomic E-state index is 13.2. The fraction of sp³-hybridized carbons (Fsp3) is 0.143. The molecule has 0 fully saturated rings. The number of methoxy groups -OCH3 is 1. The number of nitrogens with one attached hydrogen (secondary N) is 1. The first-order valence-electron chi connectivity index (χ1n) is 8.95. The lowest BCUT2D eigenvalue weighted by molar-refractivity contribution is -0.116. The Morgan fingerprint density at radius 3 is 2.40 bits per heavy atom. The van der Waals surface area contributed by atoms with Crippen molar-refractivity contribution in [2.45, 2.75) is 22.1 Å².